The van der Waals surface area contributed by atoms with Gasteiger partial charge in [0, 0.05) is 27.9 Å². The molecule has 0 aromatic heterocycles. The molecule has 0 spiro atoms. The third-order valence-corrected chi connectivity index (χ3v) is 4.69. The fourth-order valence-electron chi connectivity index (χ4n) is 1.80. The number of nitro benzene ring substituents is 1. The zero-order valence-corrected chi connectivity index (χ0v) is 14.9. The SMILES string of the molecule is O=C(CSCc1ccccc1Br)N/N=C\c1cccc([N+](=O)[O-])c1. The lowest BCUT2D eigenvalue weighted by atomic mass is 10.2. The molecule has 2 aromatic rings. The predicted molar refractivity (Wildman–Crippen MR) is 99.1 cm³/mol. The predicted octanol–water partition coefficient (Wildman–Crippen LogP) is 3.74. The highest BCUT2D eigenvalue weighted by Gasteiger charge is 2.05. The summed E-state index contributed by atoms with van der Waals surface area (Å²) in [5, 5.41) is 14.5. The molecule has 0 saturated heterocycles. The molecule has 2 rings (SSSR count). The molecule has 124 valence electrons. The van der Waals surface area contributed by atoms with Crippen LogP contribution >= 0.6 is 27.7 Å². The van der Waals surface area contributed by atoms with Crippen molar-refractivity contribution >= 4 is 45.5 Å². The van der Waals surface area contributed by atoms with Crippen molar-refractivity contribution in [3.05, 3.63) is 74.2 Å². The average molecular weight is 408 g/mol. The van der Waals surface area contributed by atoms with Crippen LogP contribution in [0.2, 0.25) is 0 Å². The quantitative estimate of drug-likeness (QED) is 0.430. The number of amides is 1. The molecule has 1 N–H and O–H groups in total. The Labute approximate surface area is 151 Å². The Kier molecular flexibility index (Phi) is 6.95. The van der Waals surface area contributed by atoms with Crippen molar-refractivity contribution in [2.75, 3.05) is 5.75 Å². The lowest BCUT2D eigenvalue weighted by Gasteiger charge is -2.03. The van der Waals surface area contributed by atoms with E-state index in [1.807, 2.05) is 24.3 Å². The van der Waals surface area contributed by atoms with Crippen molar-refractivity contribution in [1.29, 1.82) is 0 Å². The Morgan fingerprint density at radius 3 is 2.83 bits per heavy atom. The van der Waals surface area contributed by atoms with E-state index in [1.165, 1.54) is 30.1 Å². The summed E-state index contributed by atoms with van der Waals surface area (Å²) >= 11 is 4.94. The van der Waals surface area contributed by atoms with E-state index in [2.05, 4.69) is 26.5 Å². The highest BCUT2D eigenvalue weighted by molar-refractivity contribution is 9.10. The van der Waals surface area contributed by atoms with Crippen LogP contribution < -0.4 is 5.43 Å². The van der Waals surface area contributed by atoms with Gasteiger partial charge in [0.1, 0.15) is 0 Å². The number of nitro groups is 1. The van der Waals surface area contributed by atoms with Gasteiger partial charge in [-0.2, -0.15) is 5.10 Å². The van der Waals surface area contributed by atoms with Gasteiger partial charge in [0.25, 0.3) is 5.69 Å². The van der Waals surface area contributed by atoms with Gasteiger partial charge in [-0.3, -0.25) is 14.9 Å². The molecular weight excluding hydrogens is 394 g/mol. The smallest absolute Gasteiger partial charge is 0.270 e. The zero-order chi connectivity index (χ0) is 17.4. The van der Waals surface area contributed by atoms with Gasteiger partial charge in [0.2, 0.25) is 5.91 Å². The number of hydrazone groups is 1. The van der Waals surface area contributed by atoms with Gasteiger partial charge in [-0.25, -0.2) is 5.43 Å². The molecule has 1 amide bonds. The molecule has 0 bridgehead atoms. The van der Waals surface area contributed by atoms with Gasteiger partial charge in [-0.05, 0) is 11.6 Å². The normalized spacial score (nSPS) is 10.7. The Morgan fingerprint density at radius 2 is 2.08 bits per heavy atom. The lowest BCUT2D eigenvalue weighted by molar-refractivity contribution is -0.384. The van der Waals surface area contributed by atoms with Crippen molar-refractivity contribution < 1.29 is 9.72 Å². The summed E-state index contributed by atoms with van der Waals surface area (Å²) in [5.74, 6) is 0.755. The molecule has 0 aliphatic heterocycles. The summed E-state index contributed by atoms with van der Waals surface area (Å²) in [5.41, 5.74) is 4.06. The number of non-ortho nitro benzene ring substituents is 1. The fraction of sp³-hybridized carbons (Fsp3) is 0.125. The van der Waals surface area contributed by atoms with E-state index >= 15 is 0 Å². The minimum atomic E-state index is -0.478. The number of carbonyl (C=O) groups excluding carboxylic acids is 1. The maximum absolute atomic E-state index is 11.7. The van der Waals surface area contributed by atoms with E-state index in [0.717, 1.165) is 10.0 Å². The van der Waals surface area contributed by atoms with Gasteiger partial charge in [-0.1, -0.05) is 46.3 Å². The minimum absolute atomic E-state index is 0.0192. The number of rotatable bonds is 7. The molecule has 8 heteroatoms. The summed E-state index contributed by atoms with van der Waals surface area (Å²) < 4.78 is 1.02. The number of nitrogens with zero attached hydrogens (tertiary/aromatic N) is 2. The largest absolute Gasteiger partial charge is 0.272 e. The van der Waals surface area contributed by atoms with Gasteiger partial charge < -0.3 is 0 Å². The molecule has 0 atom stereocenters. The number of hydrogen-bond acceptors (Lipinski definition) is 5. The van der Waals surface area contributed by atoms with Crippen molar-refractivity contribution in [3.8, 4) is 0 Å². The standard InChI is InChI=1S/C16H14BrN3O3S/c17-15-7-2-1-5-13(15)10-24-11-16(21)19-18-9-12-4-3-6-14(8-12)20(22)23/h1-9H,10-11H2,(H,19,21)/b18-9-. The maximum Gasteiger partial charge on any atom is 0.270 e. The first-order valence-electron chi connectivity index (χ1n) is 6.94. The van der Waals surface area contributed by atoms with Crippen LogP contribution in [0.15, 0.2) is 58.1 Å². The number of nitrogens with one attached hydrogen (secondary N) is 1. The second-order valence-corrected chi connectivity index (χ2v) is 6.57. The maximum atomic E-state index is 11.7. The third-order valence-electron chi connectivity index (χ3n) is 2.93. The van der Waals surface area contributed by atoms with Crippen LogP contribution in [0.25, 0.3) is 0 Å². The van der Waals surface area contributed by atoms with Crippen LogP contribution in [0, 0.1) is 10.1 Å². The number of halogens is 1. The molecular formula is C16H14BrN3O3S. The highest BCUT2D eigenvalue weighted by Crippen LogP contribution is 2.21. The van der Waals surface area contributed by atoms with Crippen LogP contribution in [-0.2, 0) is 10.5 Å². The van der Waals surface area contributed by atoms with Crippen LogP contribution in [0.4, 0.5) is 5.69 Å². The van der Waals surface area contributed by atoms with E-state index in [4.69, 9.17) is 0 Å². The summed E-state index contributed by atoms with van der Waals surface area (Å²) in [4.78, 5) is 21.9. The van der Waals surface area contributed by atoms with Crippen molar-refractivity contribution in [2.45, 2.75) is 5.75 Å². The Hall–Kier alpha value is -2.19. The summed E-state index contributed by atoms with van der Waals surface area (Å²) in [6.45, 7) is 0. The van der Waals surface area contributed by atoms with Crippen LogP contribution in [-0.4, -0.2) is 22.8 Å². The third kappa shape index (κ3) is 5.78. The molecule has 0 radical (unpaired) electrons. The minimum Gasteiger partial charge on any atom is -0.272 e. The van der Waals surface area contributed by atoms with Gasteiger partial charge in [-0.15, -0.1) is 11.8 Å². The second-order valence-electron chi connectivity index (χ2n) is 4.73. The van der Waals surface area contributed by atoms with Gasteiger partial charge in [0.05, 0.1) is 16.9 Å². The summed E-state index contributed by atoms with van der Waals surface area (Å²) in [6, 6.07) is 13.9. The molecule has 0 saturated carbocycles. The van der Waals surface area contributed by atoms with E-state index < -0.39 is 4.92 Å². The van der Waals surface area contributed by atoms with E-state index in [0.29, 0.717) is 11.3 Å². The van der Waals surface area contributed by atoms with Crippen LogP contribution in [0.3, 0.4) is 0 Å². The van der Waals surface area contributed by atoms with E-state index in [9.17, 15) is 14.9 Å². The van der Waals surface area contributed by atoms with E-state index in [1.54, 1.807) is 12.1 Å². The Morgan fingerprint density at radius 1 is 1.29 bits per heavy atom. The lowest BCUT2D eigenvalue weighted by Crippen LogP contribution is -2.19. The van der Waals surface area contributed by atoms with Crippen LogP contribution in [0.1, 0.15) is 11.1 Å². The molecule has 0 aliphatic rings. The summed E-state index contributed by atoms with van der Waals surface area (Å²) in [7, 11) is 0. The van der Waals surface area contributed by atoms with Gasteiger partial charge in [0.15, 0.2) is 0 Å². The number of thioether (sulfide) groups is 1. The van der Waals surface area contributed by atoms with Crippen molar-refractivity contribution in [3.63, 3.8) is 0 Å². The molecule has 0 unspecified atom stereocenters. The first kappa shape index (κ1) is 18.2. The number of carbonyl (C=O) groups is 1. The zero-order valence-electron chi connectivity index (χ0n) is 12.5. The first-order valence-corrected chi connectivity index (χ1v) is 8.88. The summed E-state index contributed by atoms with van der Waals surface area (Å²) in [6.07, 6.45) is 1.38. The number of benzene rings is 2. The molecule has 24 heavy (non-hydrogen) atoms. The molecule has 2 aromatic carbocycles. The molecule has 0 aliphatic carbocycles. The molecule has 6 nitrogen and oxygen atoms in total. The van der Waals surface area contributed by atoms with Crippen LogP contribution in [0.5, 0.6) is 0 Å². The van der Waals surface area contributed by atoms with Crippen molar-refractivity contribution in [1.82, 2.24) is 5.43 Å². The highest BCUT2D eigenvalue weighted by atomic mass is 79.9. The topological polar surface area (TPSA) is 84.6 Å². The number of hydrogen-bond donors (Lipinski definition) is 1. The Balaban J connectivity index is 1.78. The molecule has 0 heterocycles. The monoisotopic (exact) mass is 407 g/mol. The first-order chi connectivity index (χ1) is 11.6. The Bertz CT molecular complexity index is 768. The van der Waals surface area contributed by atoms with Crippen molar-refractivity contribution in [2.24, 2.45) is 5.10 Å². The average Bonchev–Trinajstić information content (AvgIpc) is 2.57. The van der Waals surface area contributed by atoms with Gasteiger partial charge >= 0.3 is 0 Å². The fourth-order valence-corrected chi connectivity index (χ4v) is 3.23. The second kappa shape index (κ2) is 9.19. The van der Waals surface area contributed by atoms with E-state index in [-0.39, 0.29) is 17.3 Å². The molecule has 0 fully saturated rings.